The van der Waals surface area contributed by atoms with Gasteiger partial charge in [-0.3, -0.25) is 20.4 Å². The van der Waals surface area contributed by atoms with E-state index >= 15 is 0 Å². The standard InChI is InChI=1S/C23H30N2O4/c1-16(2)14-28-18-12-10-17(11-13-18)22(27)25-24-21(26)15-29-20-9-7-6-8-19(20)23(3,4)5/h6-13,16H,14-15H2,1-5H3,(H,24,26)(H,25,27). The number of carbonyl (C=O) groups is 2. The normalized spacial score (nSPS) is 11.1. The van der Waals surface area contributed by atoms with Crippen molar-refractivity contribution in [1.82, 2.24) is 10.9 Å². The van der Waals surface area contributed by atoms with Crippen LogP contribution >= 0.6 is 0 Å². The third-order valence-electron chi connectivity index (χ3n) is 4.07. The van der Waals surface area contributed by atoms with E-state index in [1.165, 1.54) is 0 Å². The van der Waals surface area contributed by atoms with E-state index in [4.69, 9.17) is 9.47 Å². The van der Waals surface area contributed by atoms with Crippen molar-refractivity contribution in [3.8, 4) is 11.5 Å². The van der Waals surface area contributed by atoms with Crippen LogP contribution in [0.1, 0.15) is 50.5 Å². The molecule has 0 aliphatic rings. The molecule has 2 amide bonds. The number of para-hydroxylation sites is 1. The van der Waals surface area contributed by atoms with Gasteiger partial charge in [0.15, 0.2) is 6.61 Å². The van der Waals surface area contributed by atoms with Crippen molar-refractivity contribution in [2.75, 3.05) is 13.2 Å². The van der Waals surface area contributed by atoms with Crippen LogP contribution in [0.2, 0.25) is 0 Å². The summed E-state index contributed by atoms with van der Waals surface area (Å²) in [5, 5.41) is 0. The summed E-state index contributed by atoms with van der Waals surface area (Å²) < 4.78 is 11.2. The van der Waals surface area contributed by atoms with E-state index in [-0.39, 0.29) is 12.0 Å². The van der Waals surface area contributed by atoms with Crippen LogP contribution in [-0.4, -0.2) is 25.0 Å². The minimum absolute atomic E-state index is 0.105. The van der Waals surface area contributed by atoms with Crippen molar-refractivity contribution in [3.63, 3.8) is 0 Å². The van der Waals surface area contributed by atoms with Crippen LogP contribution in [0.25, 0.3) is 0 Å². The SMILES string of the molecule is CC(C)COc1ccc(C(=O)NNC(=O)COc2ccccc2C(C)(C)C)cc1. The summed E-state index contributed by atoms with van der Waals surface area (Å²) in [7, 11) is 0. The molecule has 0 heterocycles. The fraction of sp³-hybridized carbons (Fsp3) is 0.391. The molecule has 156 valence electrons. The average Bonchev–Trinajstić information content (AvgIpc) is 2.68. The van der Waals surface area contributed by atoms with Gasteiger partial charge in [-0.25, -0.2) is 0 Å². The lowest BCUT2D eigenvalue weighted by Crippen LogP contribution is -2.43. The molecule has 29 heavy (non-hydrogen) atoms. The lowest BCUT2D eigenvalue weighted by molar-refractivity contribution is -0.123. The molecule has 0 aromatic heterocycles. The van der Waals surface area contributed by atoms with Gasteiger partial charge in [-0.2, -0.15) is 0 Å². The molecule has 0 bridgehead atoms. The first-order valence-corrected chi connectivity index (χ1v) is 9.71. The van der Waals surface area contributed by atoms with E-state index in [0.29, 0.717) is 29.6 Å². The molecular formula is C23H30N2O4. The molecule has 6 nitrogen and oxygen atoms in total. The summed E-state index contributed by atoms with van der Waals surface area (Å²) in [6, 6.07) is 14.3. The summed E-state index contributed by atoms with van der Waals surface area (Å²) in [6.07, 6.45) is 0. The number of nitrogens with one attached hydrogen (secondary N) is 2. The van der Waals surface area contributed by atoms with E-state index in [1.54, 1.807) is 24.3 Å². The lowest BCUT2D eigenvalue weighted by Gasteiger charge is -2.22. The van der Waals surface area contributed by atoms with Gasteiger partial charge in [-0.15, -0.1) is 0 Å². The number of benzene rings is 2. The Bertz CT molecular complexity index is 824. The third kappa shape index (κ3) is 7.14. The molecule has 6 heteroatoms. The second-order valence-electron chi connectivity index (χ2n) is 8.27. The molecule has 2 aromatic rings. The van der Waals surface area contributed by atoms with E-state index in [9.17, 15) is 9.59 Å². The zero-order valence-electron chi connectivity index (χ0n) is 17.7. The highest BCUT2D eigenvalue weighted by Gasteiger charge is 2.19. The van der Waals surface area contributed by atoms with Crippen molar-refractivity contribution in [3.05, 3.63) is 59.7 Å². The quantitative estimate of drug-likeness (QED) is 0.695. The Kier molecular flexibility index (Phi) is 7.65. The van der Waals surface area contributed by atoms with Crippen LogP contribution < -0.4 is 20.3 Å². The molecule has 2 aromatic carbocycles. The van der Waals surface area contributed by atoms with Crippen LogP contribution in [0.4, 0.5) is 0 Å². The minimum Gasteiger partial charge on any atom is -0.493 e. The van der Waals surface area contributed by atoms with Crippen LogP contribution in [-0.2, 0) is 10.2 Å². The molecule has 0 saturated heterocycles. The Morgan fingerprint density at radius 3 is 2.21 bits per heavy atom. The van der Waals surface area contributed by atoms with Crippen LogP contribution in [0.5, 0.6) is 11.5 Å². The Morgan fingerprint density at radius 1 is 0.931 bits per heavy atom. The number of ether oxygens (including phenoxy) is 2. The van der Waals surface area contributed by atoms with Crippen LogP contribution in [0, 0.1) is 5.92 Å². The minimum atomic E-state index is -0.445. The Hall–Kier alpha value is -3.02. The van der Waals surface area contributed by atoms with E-state index in [0.717, 1.165) is 5.56 Å². The second kappa shape index (κ2) is 9.96. The van der Waals surface area contributed by atoms with Gasteiger partial charge in [0.25, 0.3) is 11.8 Å². The first-order valence-electron chi connectivity index (χ1n) is 9.71. The van der Waals surface area contributed by atoms with Crippen LogP contribution in [0.15, 0.2) is 48.5 Å². The maximum atomic E-state index is 12.2. The Morgan fingerprint density at radius 2 is 1.59 bits per heavy atom. The van der Waals surface area contributed by atoms with E-state index in [2.05, 4.69) is 45.5 Å². The smallest absolute Gasteiger partial charge is 0.276 e. The molecular weight excluding hydrogens is 368 g/mol. The topological polar surface area (TPSA) is 76.7 Å². The van der Waals surface area contributed by atoms with Gasteiger partial charge in [-0.05, 0) is 47.2 Å². The van der Waals surface area contributed by atoms with E-state index < -0.39 is 11.8 Å². The largest absolute Gasteiger partial charge is 0.493 e. The van der Waals surface area contributed by atoms with E-state index in [1.807, 2.05) is 24.3 Å². The number of carbonyl (C=O) groups excluding carboxylic acids is 2. The molecule has 0 unspecified atom stereocenters. The molecule has 2 N–H and O–H groups in total. The Labute approximate surface area is 172 Å². The van der Waals surface area contributed by atoms with Gasteiger partial charge in [0.05, 0.1) is 6.61 Å². The third-order valence-corrected chi connectivity index (χ3v) is 4.07. The van der Waals surface area contributed by atoms with Gasteiger partial charge >= 0.3 is 0 Å². The average molecular weight is 399 g/mol. The number of rotatable bonds is 7. The highest BCUT2D eigenvalue weighted by atomic mass is 16.5. The van der Waals surface area contributed by atoms with Gasteiger partial charge < -0.3 is 9.47 Å². The maximum Gasteiger partial charge on any atom is 0.276 e. The number of hydrogen-bond donors (Lipinski definition) is 2. The summed E-state index contributed by atoms with van der Waals surface area (Å²) >= 11 is 0. The maximum absolute atomic E-state index is 12.2. The summed E-state index contributed by atoms with van der Waals surface area (Å²) in [6.45, 7) is 10.8. The van der Waals surface area contributed by atoms with Crippen molar-refractivity contribution in [1.29, 1.82) is 0 Å². The number of hydrogen-bond acceptors (Lipinski definition) is 4. The first kappa shape index (κ1) is 22.3. The van der Waals surface area contributed by atoms with Gasteiger partial charge in [0.1, 0.15) is 11.5 Å². The molecule has 0 aliphatic carbocycles. The van der Waals surface area contributed by atoms with Gasteiger partial charge in [0.2, 0.25) is 0 Å². The molecule has 0 saturated carbocycles. The van der Waals surface area contributed by atoms with Crippen LogP contribution in [0.3, 0.4) is 0 Å². The predicted molar refractivity (Wildman–Crippen MR) is 113 cm³/mol. The fourth-order valence-corrected chi connectivity index (χ4v) is 2.56. The van der Waals surface area contributed by atoms with Crippen molar-refractivity contribution >= 4 is 11.8 Å². The van der Waals surface area contributed by atoms with Gasteiger partial charge in [-0.1, -0.05) is 52.8 Å². The monoisotopic (exact) mass is 398 g/mol. The highest BCUT2D eigenvalue weighted by Crippen LogP contribution is 2.30. The Balaban J connectivity index is 1.83. The van der Waals surface area contributed by atoms with Crippen molar-refractivity contribution in [2.24, 2.45) is 5.92 Å². The second-order valence-corrected chi connectivity index (χ2v) is 8.27. The zero-order chi connectivity index (χ0) is 21.4. The molecule has 0 aliphatic heterocycles. The highest BCUT2D eigenvalue weighted by molar-refractivity contribution is 5.95. The fourth-order valence-electron chi connectivity index (χ4n) is 2.56. The molecule has 0 radical (unpaired) electrons. The number of amides is 2. The molecule has 0 fully saturated rings. The molecule has 2 rings (SSSR count). The molecule has 0 spiro atoms. The molecule has 0 atom stereocenters. The van der Waals surface area contributed by atoms with Gasteiger partial charge in [0, 0.05) is 5.56 Å². The number of hydrazine groups is 1. The summed E-state index contributed by atoms with van der Waals surface area (Å²) in [4.78, 5) is 24.2. The summed E-state index contributed by atoms with van der Waals surface area (Å²) in [5.41, 5.74) is 6.08. The predicted octanol–water partition coefficient (Wildman–Crippen LogP) is 3.86. The zero-order valence-corrected chi connectivity index (χ0v) is 17.7. The summed E-state index contributed by atoms with van der Waals surface area (Å²) in [5.74, 6) is 0.914. The lowest BCUT2D eigenvalue weighted by atomic mass is 9.86. The van der Waals surface area contributed by atoms with Crippen molar-refractivity contribution in [2.45, 2.75) is 40.0 Å². The first-order chi connectivity index (χ1) is 13.7. The van der Waals surface area contributed by atoms with Crippen molar-refractivity contribution < 1.29 is 19.1 Å².